The number of hydrogen-bond acceptors (Lipinski definition) is 2. The maximum absolute atomic E-state index is 12.0. The lowest BCUT2D eigenvalue weighted by atomic mass is 10.2. The van der Waals surface area contributed by atoms with Crippen LogP contribution in [0.4, 0.5) is 13.2 Å². The van der Waals surface area contributed by atoms with E-state index < -0.39 is 18.3 Å². The summed E-state index contributed by atoms with van der Waals surface area (Å²) in [6.07, 6.45) is -4.92. The number of nitrogens with zero attached hydrogens (tertiary/aromatic N) is 1. The highest BCUT2D eigenvalue weighted by Gasteiger charge is 2.34. The number of rotatable bonds is 1. The minimum Gasteiger partial charge on any atom is -0.323 e. The van der Waals surface area contributed by atoms with Gasteiger partial charge in [0.15, 0.2) is 5.71 Å². The van der Waals surface area contributed by atoms with E-state index in [2.05, 4.69) is 22.8 Å². The Morgan fingerprint density at radius 3 is 2.31 bits per heavy atom. The fourth-order valence-electron chi connectivity index (χ4n) is 0.558. The molecule has 74 valence electrons. The minimum atomic E-state index is -4.47. The first-order valence-corrected chi connectivity index (χ1v) is 3.70. The van der Waals surface area contributed by atoms with Gasteiger partial charge in [-0.2, -0.15) is 18.3 Å². The fourth-order valence-corrected chi connectivity index (χ4v) is 0.558. The zero-order valence-electron chi connectivity index (χ0n) is 7.44. The number of halogens is 3. The van der Waals surface area contributed by atoms with Crippen molar-refractivity contribution < 1.29 is 13.2 Å². The molecule has 0 rings (SSSR count). The molecule has 0 aromatic heterocycles. The van der Waals surface area contributed by atoms with Crippen LogP contribution in [0.2, 0.25) is 0 Å². The topological polar surface area (TPSA) is 38.4 Å². The van der Waals surface area contributed by atoms with Crippen LogP contribution in [-0.4, -0.2) is 11.9 Å². The fraction of sp³-hybridized carbons (Fsp3) is 0.625. The summed E-state index contributed by atoms with van der Waals surface area (Å²) in [6, 6.07) is 0. The van der Waals surface area contributed by atoms with Crippen molar-refractivity contribution in [2.75, 3.05) is 0 Å². The zero-order valence-corrected chi connectivity index (χ0v) is 7.44. The Morgan fingerprint density at radius 1 is 1.46 bits per heavy atom. The van der Waals surface area contributed by atoms with Crippen molar-refractivity contribution in [3.05, 3.63) is 0 Å². The normalized spacial score (nSPS) is 12.6. The average molecular weight is 192 g/mol. The van der Waals surface area contributed by atoms with Gasteiger partial charge in [0.25, 0.3) is 0 Å². The molecule has 0 unspecified atom stereocenters. The molecular formula is C8H11F3N2. The number of nitrogens with two attached hydrogens (primary N) is 1. The third-order valence-electron chi connectivity index (χ3n) is 1.13. The molecule has 0 atom stereocenters. The maximum Gasteiger partial charge on any atom is 0.432 e. The molecule has 0 spiro atoms. The van der Waals surface area contributed by atoms with Gasteiger partial charge >= 0.3 is 6.18 Å². The van der Waals surface area contributed by atoms with E-state index in [1.54, 1.807) is 13.8 Å². The van der Waals surface area contributed by atoms with Gasteiger partial charge in [0.1, 0.15) is 0 Å². The van der Waals surface area contributed by atoms with E-state index in [9.17, 15) is 13.2 Å². The predicted octanol–water partition coefficient (Wildman–Crippen LogP) is 1.91. The van der Waals surface area contributed by atoms with Crippen LogP contribution in [0.3, 0.4) is 0 Å². The summed E-state index contributed by atoms with van der Waals surface area (Å²) >= 11 is 0. The van der Waals surface area contributed by atoms with Crippen LogP contribution in [0, 0.1) is 17.8 Å². The highest BCUT2D eigenvalue weighted by Crippen LogP contribution is 2.18. The quantitative estimate of drug-likeness (QED) is 0.293. The van der Waals surface area contributed by atoms with Crippen molar-refractivity contribution in [2.24, 2.45) is 16.9 Å². The van der Waals surface area contributed by atoms with Crippen molar-refractivity contribution in [2.45, 2.75) is 26.4 Å². The van der Waals surface area contributed by atoms with Gasteiger partial charge in [0, 0.05) is 5.92 Å². The first kappa shape index (κ1) is 11.8. The van der Waals surface area contributed by atoms with Crippen molar-refractivity contribution in [1.82, 2.24) is 0 Å². The van der Waals surface area contributed by atoms with Crippen molar-refractivity contribution in [3.63, 3.8) is 0 Å². The van der Waals surface area contributed by atoms with Crippen LogP contribution < -0.4 is 5.84 Å². The lowest BCUT2D eigenvalue weighted by Crippen LogP contribution is -2.23. The summed E-state index contributed by atoms with van der Waals surface area (Å²) in [6.45, 7) is 3.58. The van der Waals surface area contributed by atoms with E-state index in [-0.39, 0.29) is 5.92 Å². The van der Waals surface area contributed by atoms with Crippen LogP contribution >= 0.6 is 0 Å². The van der Waals surface area contributed by atoms with Crippen LogP contribution in [0.25, 0.3) is 0 Å². The molecule has 0 heterocycles. The molecule has 0 bridgehead atoms. The first-order valence-electron chi connectivity index (χ1n) is 3.70. The van der Waals surface area contributed by atoms with E-state index in [0.29, 0.717) is 0 Å². The Kier molecular flexibility index (Phi) is 4.32. The molecule has 0 aliphatic heterocycles. The van der Waals surface area contributed by atoms with Crippen molar-refractivity contribution >= 4 is 5.71 Å². The molecule has 0 saturated heterocycles. The van der Waals surface area contributed by atoms with E-state index in [4.69, 9.17) is 0 Å². The monoisotopic (exact) mass is 192 g/mol. The zero-order chi connectivity index (χ0) is 10.5. The molecule has 13 heavy (non-hydrogen) atoms. The maximum atomic E-state index is 12.0. The molecule has 5 heteroatoms. The van der Waals surface area contributed by atoms with Crippen LogP contribution in [-0.2, 0) is 0 Å². The third-order valence-corrected chi connectivity index (χ3v) is 1.13. The van der Waals surface area contributed by atoms with Gasteiger partial charge in [-0.25, -0.2) is 0 Å². The van der Waals surface area contributed by atoms with Crippen molar-refractivity contribution in [3.8, 4) is 11.8 Å². The van der Waals surface area contributed by atoms with Crippen LogP contribution in [0.1, 0.15) is 20.3 Å². The van der Waals surface area contributed by atoms with Gasteiger partial charge in [-0.3, -0.25) is 0 Å². The molecular weight excluding hydrogens is 181 g/mol. The number of hydrogen-bond donors (Lipinski definition) is 1. The Bertz CT molecular complexity index is 242. The predicted molar refractivity (Wildman–Crippen MR) is 44.9 cm³/mol. The van der Waals surface area contributed by atoms with E-state index in [1.165, 1.54) is 0 Å². The molecule has 0 aliphatic rings. The molecule has 0 aliphatic carbocycles. The lowest BCUT2D eigenvalue weighted by Gasteiger charge is -2.04. The average Bonchev–Trinajstić information content (AvgIpc) is 1.95. The van der Waals surface area contributed by atoms with Gasteiger partial charge in [-0.1, -0.05) is 19.8 Å². The van der Waals surface area contributed by atoms with Gasteiger partial charge in [-0.15, -0.1) is 5.92 Å². The smallest absolute Gasteiger partial charge is 0.323 e. The van der Waals surface area contributed by atoms with Crippen LogP contribution in [0.15, 0.2) is 5.10 Å². The molecule has 0 amide bonds. The van der Waals surface area contributed by atoms with Crippen molar-refractivity contribution in [1.29, 1.82) is 0 Å². The molecule has 0 aromatic rings. The van der Waals surface area contributed by atoms with E-state index in [1.807, 2.05) is 0 Å². The van der Waals surface area contributed by atoms with E-state index >= 15 is 0 Å². The summed E-state index contributed by atoms with van der Waals surface area (Å²) in [5.74, 6) is 9.58. The molecule has 0 fully saturated rings. The van der Waals surface area contributed by atoms with Gasteiger partial charge in [0.2, 0.25) is 0 Å². The second kappa shape index (κ2) is 4.75. The standard InChI is InChI=1S/C8H11F3N2/c1-6(2)4-3-5-7(13-12)8(9,10)11/h6H,5,12H2,1-2H3. The lowest BCUT2D eigenvalue weighted by molar-refractivity contribution is -0.0600. The number of alkyl halides is 3. The summed E-state index contributed by atoms with van der Waals surface area (Å²) < 4.78 is 35.9. The molecule has 2 nitrogen and oxygen atoms in total. The third kappa shape index (κ3) is 5.12. The minimum absolute atomic E-state index is 0.0484. The molecule has 2 N–H and O–H groups in total. The summed E-state index contributed by atoms with van der Waals surface area (Å²) in [5, 5.41) is 2.65. The highest BCUT2D eigenvalue weighted by atomic mass is 19.4. The van der Waals surface area contributed by atoms with E-state index in [0.717, 1.165) is 0 Å². The molecule has 0 saturated carbocycles. The Balaban J connectivity index is 4.29. The second-order valence-corrected chi connectivity index (χ2v) is 2.73. The molecule has 0 aromatic carbocycles. The number of hydrazone groups is 1. The Labute approximate surface area is 75.0 Å². The SMILES string of the molecule is CC(C)C#CCC(=NN)C(F)(F)F. The second-order valence-electron chi connectivity index (χ2n) is 2.73. The van der Waals surface area contributed by atoms with Crippen LogP contribution in [0.5, 0.6) is 0 Å². The summed E-state index contributed by atoms with van der Waals surface area (Å²) in [4.78, 5) is 0. The Hall–Kier alpha value is -1.18. The first-order chi connectivity index (χ1) is 5.88. The largest absolute Gasteiger partial charge is 0.432 e. The summed E-state index contributed by atoms with van der Waals surface area (Å²) in [7, 11) is 0. The molecule has 0 radical (unpaired) electrons. The Morgan fingerprint density at radius 2 is 2.00 bits per heavy atom. The van der Waals surface area contributed by atoms with Gasteiger partial charge in [0.05, 0.1) is 6.42 Å². The van der Waals surface area contributed by atoms with Gasteiger partial charge < -0.3 is 5.84 Å². The van der Waals surface area contributed by atoms with Gasteiger partial charge in [-0.05, 0) is 0 Å². The highest BCUT2D eigenvalue weighted by molar-refractivity contribution is 5.91. The summed E-state index contributed by atoms with van der Waals surface area (Å²) in [5.41, 5.74) is -1.04.